The van der Waals surface area contributed by atoms with Crippen LogP contribution < -0.4 is 5.32 Å². The van der Waals surface area contributed by atoms with Gasteiger partial charge in [-0.25, -0.2) is 4.79 Å². The van der Waals surface area contributed by atoms with E-state index in [4.69, 9.17) is 9.84 Å². The van der Waals surface area contributed by atoms with E-state index in [2.05, 4.69) is 5.32 Å². The number of ether oxygens (including phenoxy) is 1. The molecule has 4 nitrogen and oxygen atoms in total. The molecule has 1 aromatic carbocycles. The van der Waals surface area contributed by atoms with Gasteiger partial charge in [-0.1, -0.05) is 12.1 Å². The maximum absolute atomic E-state index is 10.7. The van der Waals surface area contributed by atoms with Crippen molar-refractivity contribution in [1.82, 2.24) is 5.32 Å². The second kappa shape index (κ2) is 3.57. The van der Waals surface area contributed by atoms with Gasteiger partial charge in [0.25, 0.3) is 0 Å². The molecule has 1 unspecified atom stereocenters. The van der Waals surface area contributed by atoms with Crippen LogP contribution in [0.5, 0.6) is 5.75 Å². The van der Waals surface area contributed by atoms with E-state index in [9.17, 15) is 4.79 Å². The molecule has 1 amide bonds. The van der Waals surface area contributed by atoms with Crippen molar-refractivity contribution < 1.29 is 14.6 Å². The number of cyclic esters (lactones) is 1. The molecule has 14 heavy (non-hydrogen) atoms. The van der Waals surface area contributed by atoms with Crippen LogP contribution >= 0.6 is 0 Å². The molecule has 0 aromatic heterocycles. The number of benzene rings is 1. The standard InChI is InChI=1S/C10H11NO3/c12-8-3-1-7(2-4-8)5-9-6-11-10(13)14-9/h1-4,9,12H,5-6H2,(H,11,13). The Morgan fingerprint density at radius 3 is 2.71 bits per heavy atom. The summed E-state index contributed by atoms with van der Waals surface area (Å²) in [6.07, 6.45) is 0.236. The van der Waals surface area contributed by atoms with Crippen LogP contribution in [0.1, 0.15) is 5.56 Å². The normalized spacial score (nSPS) is 20.3. The number of carbonyl (C=O) groups excluding carboxylic acids is 1. The fourth-order valence-corrected chi connectivity index (χ4v) is 1.44. The fraction of sp³-hybridized carbons (Fsp3) is 0.300. The van der Waals surface area contributed by atoms with Crippen LogP contribution in [0, 0.1) is 0 Å². The average Bonchev–Trinajstić information content (AvgIpc) is 2.56. The maximum atomic E-state index is 10.7. The zero-order chi connectivity index (χ0) is 9.97. The van der Waals surface area contributed by atoms with Gasteiger partial charge in [-0.05, 0) is 17.7 Å². The summed E-state index contributed by atoms with van der Waals surface area (Å²) in [5, 5.41) is 11.7. The number of aromatic hydroxyl groups is 1. The molecular formula is C10H11NO3. The minimum atomic E-state index is -0.353. The van der Waals surface area contributed by atoms with Gasteiger partial charge in [0.1, 0.15) is 11.9 Å². The fourth-order valence-electron chi connectivity index (χ4n) is 1.44. The van der Waals surface area contributed by atoms with E-state index >= 15 is 0 Å². The van der Waals surface area contributed by atoms with Crippen LogP contribution in [0.2, 0.25) is 0 Å². The molecule has 1 aliphatic heterocycles. The molecule has 1 aliphatic rings. The lowest BCUT2D eigenvalue weighted by molar-refractivity contribution is 0.140. The summed E-state index contributed by atoms with van der Waals surface area (Å²) in [5.41, 5.74) is 1.05. The number of hydrogen-bond acceptors (Lipinski definition) is 3. The highest BCUT2D eigenvalue weighted by Crippen LogP contribution is 2.13. The number of amides is 1. The molecule has 1 saturated heterocycles. The minimum Gasteiger partial charge on any atom is -0.508 e. The Kier molecular flexibility index (Phi) is 2.26. The molecule has 1 aromatic rings. The van der Waals surface area contributed by atoms with E-state index in [1.54, 1.807) is 12.1 Å². The van der Waals surface area contributed by atoms with Crippen LogP contribution in [-0.2, 0) is 11.2 Å². The van der Waals surface area contributed by atoms with Crippen molar-refractivity contribution in [3.05, 3.63) is 29.8 Å². The summed E-state index contributed by atoms with van der Waals surface area (Å²) < 4.78 is 4.98. The number of rotatable bonds is 2. The van der Waals surface area contributed by atoms with Gasteiger partial charge in [0, 0.05) is 6.42 Å². The third kappa shape index (κ3) is 1.96. The number of alkyl carbamates (subject to hydrolysis) is 1. The Bertz CT molecular complexity index is 334. The highest BCUT2D eigenvalue weighted by molar-refractivity contribution is 5.69. The third-order valence-corrected chi connectivity index (χ3v) is 2.15. The van der Waals surface area contributed by atoms with E-state index in [0.29, 0.717) is 13.0 Å². The van der Waals surface area contributed by atoms with Crippen molar-refractivity contribution in [3.8, 4) is 5.75 Å². The van der Waals surface area contributed by atoms with Gasteiger partial charge in [-0.2, -0.15) is 0 Å². The molecule has 0 aliphatic carbocycles. The Balaban J connectivity index is 1.97. The zero-order valence-electron chi connectivity index (χ0n) is 7.56. The van der Waals surface area contributed by atoms with E-state index < -0.39 is 0 Å². The molecule has 2 N–H and O–H groups in total. The van der Waals surface area contributed by atoms with Crippen LogP contribution in [0.4, 0.5) is 4.79 Å². The molecule has 2 rings (SSSR count). The van der Waals surface area contributed by atoms with E-state index in [-0.39, 0.29) is 17.9 Å². The molecule has 4 heteroatoms. The van der Waals surface area contributed by atoms with Crippen molar-refractivity contribution in [2.24, 2.45) is 0 Å². The van der Waals surface area contributed by atoms with Crippen molar-refractivity contribution in [2.45, 2.75) is 12.5 Å². The monoisotopic (exact) mass is 193 g/mol. The maximum Gasteiger partial charge on any atom is 0.407 e. The summed E-state index contributed by atoms with van der Waals surface area (Å²) in [4.78, 5) is 10.7. The number of phenolic OH excluding ortho intramolecular Hbond substituents is 1. The zero-order valence-corrected chi connectivity index (χ0v) is 7.56. The molecule has 0 saturated carbocycles. The van der Waals surface area contributed by atoms with E-state index in [1.807, 2.05) is 12.1 Å². The van der Waals surface area contributed by atoms with E-state index in [0.717, 1.165) is 5.56 Å². The quantitative estimate of drug-likeness (QED) is 0.737. The predicted octanol–water partition coefficient (Wildman–Crippen LogP) is 1.04. The first-order valence-electron chi connectivity index (χ1n) is 4.46. The van der Waals surface area contributed by atoms with Crippen LogP contribution in [0.3, 0.4) is 0 Å². The molecule has 0 bridgehead atoms. The summed E-state index contributed by atoms with van der Waals surface area (Å²) in [6.45, 7) is 0.555. The first-order chi connectivity index (χ1) is 6.74. The molecule has 1 fully saturated rings. The smallest absolute Gasteiger partial charge is 0.407 e. The summed E-state index contributed by atoms with van der Waals surface area (Å²) in [6, 6.07) is 6.89. The highest BCUT2D eigenvalue weighted by atomic mass is 16.6. The largest absolute Gasteiger partial charge is 0.508 e. The lowest BCUT2D eigenvalue weighted by atomic mass is 10.1. The van der Waals surface area contributed by atoms with Crippen molar-refractivity contribution in [1.29, 1.82) is 0 Å². The third-order valence-electron chi connectivity index (χ3n) is 2.15. The lowest BCUT2D eigenvalue weighted by Crippen LogP contribution is -2.16. The van der Waals surface area contributed by atoms with Gasteiger partial charge in [-0.15, -0.1) is 0 Å². The van der Waals surface area contributed by atoms with Crippen LogP contribution in [0.25, 0.3) is 0 Å². The van der Waals surface area contributed by atoms with Crippen molar-refractivity contribution in [2.75, 3.05) is 6.54 Å². The second-order valence-corrected chi connectivity index (χ2v) is 3.28. The molecular weight excluding hydrogens is 182 g/mol. The summed E-state index contributed by atoms with van der Waals surface area (Å²) >= 11 is 0. The van der Waals surface area contributed by atoms with Crippen molar-refractivity contribution in [3.63, 3.8) is 0 Å². The summed E-state index contributed by atoms with van der Waals surface area (Å²) in [7, 11) is 0. The molecule has 0 radical (unpaired) electrons. The number of phenols is 1. The Labute approximate surface area is 81.5 Å². The number of hydrogen-bond donors (Lipinski definition) is 2. The second-order valence-electron chi connectivity index (χ2n) is 3.28. The Morgan fingerprint density at radius 2 is 2.14 bits per heavy atom. The molecule has 0 spiro atoms. The van der Waals surface area contributed by atoms with Gasteiger partial charge >= 0.3 is 6.09 Å². The van der Waals surface area contributed by atoms with Gasteiger partial charge in [0.2, 0.25) is 0 Å². The van der Waals surface area contributed by atoms with Crippen LogP contribution in [-0.4, -0.2) is 23.8 Å². The Morgan fingerprint density at radius 1 is 1.43 bits per heavy atom. The molecule has 1 atom stereocenters. The molecule has 1 heterocycles. The van der Waals surface area contributed by atoms with Crippen LogP contribution in [0.15, 0.2) is 24.3 Å². The van der Waals surface area contributed by atoms with E-state index in [1.165, 1.54) is 0 Å². The van der Waals surface area contributed by atoms with Gasteiger partial charge < -0.3 is 15.2 Å². The summed E-state index contributed by atoms with van der Waals surface area (Å²) in [5.74, 6) is 0.246. The van der Waals surface area contributed by atoms with Gasteiger partial charge in [-0.3, -0.25) is 0 Å². The topological polar surface area (TPSA) is 58.6 Å². The first kappa shape index (κ1) is 8.87. The molecule has 74 valence electrons. The first-order valence-corrected chi connectivity index (χ1v) is 4.46. The Hall–Kier alpha value is -1.71. The number of nitrogens with one attached hydrogen (secondary N) is 1. The lowest BCUT2D eigenvalue weighted by Gasteiger charge is -2.07. The average molecular weight is 193 g/mol. The van der Waals surface area contributed by atoms with Gasteiger partial charge in [0.05, 0.1) is 6.54 Å². The number of carbonyl (C=O) groups is 1. The van der Waals surface area contributed by atoms with Gasteiger partial charge in [0.15, 0.2) is 0 Å². The predicted molar refractivity (Wildman–Crippen MR) is 50.1 cm³/mol. The minimum absolute atomic E-state index is 0.0907. The van der Waals surface area contributed by atoms with Crippen molar-refractivity contribution >= 4 is 6.09 Å². The SMILES string of the molecule is O=C1NCC(Cc2ccc(O)cc2)O1. The highest BCUT2D eigenvalue weighted by Gasteiger charge is 2.22.